The molecule has 1 N–H and O–H groups in total. The maximum absolute atomic E-state index is 12.9. The number of benzene rings is 2. The summed E-state index contributed by atoms with van der Waals surface area (Å²) in [6, 6.07) is 7.37. The smallest absolute Gasteiger partial charge is 0.351 e. The molecule has 2 unspecified atom stereocenters. The van der Waals surface area contributed by atoms with E-state index in [-0.39, 0.29) is 28.7 Å². The van der Waals surface area contributed by atoms with Crippen molar-refractivity contribution in [3.8, 4) is 17.2 Å². The summed E-state index contributed by atoms with van der Waals surface area (Å²) in [5, 5.41) is 11.4. The molecule has 3 aromatic rings. The fraction of sp³-hybridized carbons (Fsp3) is 0.190. The van der Waals surface area contributed by atoms with E-state index in [2.05, 4.69) is 0 Å². The van der Waals surface area contributed by atoms with Crippen LogP contribution < -0.4 is 15.1 Å². The molecule has 2 aliphatic rings. The number of ketones is 1. The molecule has 0 bridgehead atoms. The van der Waals surface area contributed by atoms with Gasteiger partial charge in [0.1, 0.15) is 22.6 Å². The molecule has 152 valence electrons. The summed E-state index contributed by atoms with van der Waals surface area (Å²) >= 11 is 5.85. The first kappa shape index (κ1) is 18.5. The van der Waals surface area contributed by atoms with Gasteiger partial charge >= 0.3 is 11.6 Å². The van der Waals surface area contributed by atoms with E-state index in [9.17, 15) is 19.5 Å². The minimum atomic E-state index is -1.02. The van der Waals surface area contributed by atoms with E-state index < -0.39 is 40.9 Å². The molecule has 2 atom stereocenters. The molecule has 30 heavy (non-hydrogen) atoms. The number of rotatable bonds is 3. The summed E-state index contributed by atoms with van der Waals surface area (Å²) in [5.41, 5.74) is -0.995. The second-order valence-electron chi connectivity index (χ2n) is 6.93. The number of halogens is 1. The van der Waals surface area contributed by atoms with Gasteiger partial charge in [-0.15, -0.1) is 0 Å². The van der Waals surface area contributed by atoms with Crippen molar-refractivity contribution in [1.82, 2.24) is 0 Å². The maximum atomic E-state index is 12.9. The molecule has 2 aliphatic heterocycles. The number of hydrogen-bond acceptors (Lipinski definition) is 8. The largest absolute Gasteiger partial charge is 0.506 e. The second-order valence-corrected chi connectivity index (χ2v) is 7.37. The third kappa shape index (κ3) is 2.57. The standard InChI is InChI=1S/C21H13ClO8/c1-27-11-7-12-14(10-6-13(23)29-21(10)28-12)19-15(11)18(25)16(20(26)30-19)17(24)8-2-4-9(22)5-3-8/h2-5,7,10,21,25H,6H2,1H3. The summed E-state index contributed by atoms with van der Waals surface area (Å²) < 4.78 is 21.6. The van der Waals surface area contributed by atoms with Crippen molar-refractivity contribution in [3.63, 3.8) is 0 Å². The molecule has 2 aromatic carbocycles. The average molecular weight is 429 g/mol. The van der Waals surface area contributed by atoms with Crippen molar-refractivity contribution in [3.05, 3.63) is 62.5 Å². The molecular weight excluding hydrogens is 416 g/mol. The quantitative estimate of drug-likeness (QED) is 0.384. The van der Waals surface area contributed by atoms with E-state index in [1.807, 2.05) is 0 Å². The zero-order valence-corrected chi connectivity index (χ0v) is 16.2. The highest BCUT2D eigenvalue weighted by molar-refractivity contribution is 6.30. The van der Waals surface area contributed by atoms with Crippen molar-refractivity contribution >= 4 is 34.3 Å². The molecule has 0 amide bonds. The molecule has 0 spiro atoms. The van der Waals surface area contributed by atoms with Gasteiger partial charge in [0.2, 0.25) is 5.78 Å². The molecule has 0 saturated carbocycles. The van der Waals surface area contributed by atoms with Gasteiger partial charge in [0, 0.05) is 22.2 Å². The van der Waals surface area contributed by atoms with Crippen molar-refractivity contribution in [1.29, 1.82) is 0 Å². The lowest BCUT2D eigenvalue weighted by Crippen LogP contribution is -2.16. The number of esters is 1. The molecule has 1 fully saturated rings. The first-order chi connectivity index (χ1) is 14.4. The van der Waals surface area contributed by atoms with Gasteiger partial charge in [0.25, 0.3) is 6.29 Å². The maximum Gasteiger partial charge on any atom is 0.351 e. The second kappa shape index (κ2) is 6.50. The molecule has 3 heterocycles. The highest BCUT2D eigenvalue weighted by Gasteiger charge is 2.47. The van der Waals surface area contributed by atoms with Gasteiger partial charge < -0.3 is 23.7 Å². The topological polar surface area (TPSA) is 112 Å². The molecule has 0 radical (unpaired) electrons. The van der Waals surface area contributed by atoms with Crippen molar-refractivity contribution < 1.29 is 33.3 Å². The van der Waals surface area contributed by atoms with Crippen LogP contribution in [0.3, 0.4) is 0 Å². The lowest BCUT2D eigenvalue weighted by Gasteiger charge is -2.13. The van der Waals surface area contributed by atoms with Crippen molar-refractivity contribution in [2.24, 2.45) is 0 Å². The van der Waals surface area contributed by atoms with Crippen LogP contribution in [0.15, 0.2) is 39.5 Å². The first-order valence-electron chi connectivity index (χ1n) is 8.96. The van der Waals surface area contributed by atoms with Gasteiger partial charge in [-0.2, -0.15) is 0 Å². The lowest BCUT2D eigenvalue weighted by molar-refractivity contribution is -0.150. The molecule has 1 aromatic heterocycles. The van der Waals surface area contributed by atoms with Crippen LogP contribution >= 0.6 is 11.6 Å². The van der Waals surface area contributed by atoms with Crippen LogP contribution in [-0.4, -0.2) is 30.3 Å². The predicted molar refractivity (Wildman–Crippen MR) is 103 cm³/mol. The summed E-state index contributed by atoms with van der Waals surface area (Å²) in [4.78, 5) is 37.3. The molecular formula is C21H13ClO8. The van der Waals surface area contributed by atoms with Crippen LogP contribution in [0.1, 0.15) is 33.8 Å². The van der Waals surface area contributed by atoms with Gasteiger partial charge in [-0.05, 0) is 24.3 Å². The van der Waals surface area contributed by atoms with Crippen molar-refractivity contribution in [2.75, 3.05) is 7.11 Å². The molecule has 5 rings (SSSR count). The molecule has 1 saturated heterocycles. The van der Waals surface area contributed by atoms with E-state index in [1.165, 1.54) is 37.4 Å². The Hall–Kier alpha value is -3.52. The van der Waals surface area contributed by atoms with E-state index >= 15 is 0 Å². The predicted octanol–water partition coefficient (Wildman–Crippen LogP) is 3.14. The summed E-state index contributed by atoms with van der Waals surface area (Å²) in [6.45, 7) is 0. The number of hydrogen-bond donors (Lipinski definition) is 1. The Morgan fingerprint density at radius 2 is 1.93 bits per heavy atom. The first-order valence-corrected chi connectivity index (χ1v) is 9.34. The third-order valence-electron chi connectivity index (χ3n) is 5.25. The van der Waals surface area contributed by atoms with Crippen molar-refractivity contribution in [2.45, 2.75) is 18.6 Å². The molecule has 0 aliphatic carbocycles. The van der Waals surface area contributed by atoms with E-state index in [0.717, 1.165) is 0 Å². The SMILES string of the molecule is COc1cc2c(c3oc(=O)c(C(=O)c4ccc(Cl)cc4)c(O)c13)C1CC(=O)OC1O2. The fourth-order valence-electron chi connectivity index (χ4n) is 3.88. The van der Waals surface area contributed by atoms with E-state index in [1.54, 1.807) is 0 Å². The summed E-state index contributed by atoms with van der Waals surface area (Å²) in [6.07, 6.45) is -0.805. The van der Waals surface area contributed by atoms with E-state index in [0.29, 0.717) is 16.3 Å². The summed E-state index contributed by atoms with van der Waals surface area (Å²) in [7, 11) is 1.36. The van der Waals surface area contributed by atoms with Crippen LogP contribution in [0.5, 0.6) is 17.2 Å². The highest BCUT2D eigenvalue weighted by atomic mass is 35.5. The average Bonchev–Trinajstić information content (AvgIpc) is 3.22. The van der Waals surface area contributed by atoms with Gasteiger partial charge in [0.15, 0.2) is 11.1 Å². The van der Waals surface area contributed by atoms with E-state index in [4.69, 9.17) is 30.2 Å². The molecule has 9 heteroatoms. The summed E-state index contributed by atoms with van der Waals surface area (Å²) in [5.74, 6) is -1.78. The lowest BCUT2D eigenvalue weighted by atomic mass is 9.94. The van der Waals surface area contributed by atoms with Gasteiger partial charge in [0.05, 0.1) is 19.4 Å². The zero-order chi connectivity index (χ0) is 21.2. The zero-order valence-electron chi connectivity index (χ0n) is 15.4. The monoisotopic (exact) mass is 428 g/mol. The Balaban J connectivity index is 1.76. The van der Waals surface area contributed by atoms with Gasteiger partial charge in [-0.3, -0.25) is 9.59 Å². The van der Waals surface area contributed by atoms with Crippen LogP contribution in [0.4, 0.5) is 0 Å². The Labute approximate surface area is 173 Å². The van der Waals surface area contributed by atoms with Gasteiger partial charge in [-0.1, -0.05) is 11.6 Å². The Morgan fingerprint density at radius 1 is 1.20 bits per heavy atom. The minimum absolute atomic E-state index is 0.00898. The Kier molecular flexibility index (Phi) is 4.01. The number of carbonyl (C=O) groups excluding carboxylic acids is 2. The Morgan fingerprint density at radius 3 is 2.63 bits per heavy atom. The van der Waals surface area contributed by atoms with Crippen LogP contribution in [0.25, 0.3) is 11.0 Å². The molecule has 8 nitrogen and oxygen atoms in total. The normalized spacial score (nSPS) is 19.2. The van der Waals surface area contributed by atoms with Crippen LogP contribution in [0.2, 0.25) is 5.02 Å². The van der Waals surface area contributed by atoms with Gasteiger partial charge in [-0.25, -0.2) is 4.79 Å². The third-order valence-corrected chi connectivity index (χ3v) is 5.50. The fourth-order valence-corrected chi connectivity index (χ4v) is 4.01. The number of carbonyl (C=O) groups is 2. The number of fused-ring (bicyclic) bond motifs is 5. The highest BCUT2D eigenvalue weighted by Crippen LogP contribution is 2.51. The number of aromatic hydroxyl groups is 1. The minimum Gasteiger partial charge on any atom is -0.506 e. The number of ether oxygens (including phenoxy) is 3. The van der Waals surface area contributed by atoms with Crippen LogP contribution in [-0.2, 0) is 9.53 Å². The number of methoxy groups -OCH3 is 1. The van der Waals surface area contributed by atoms with Crippen LogP contribution in [0, 0.1) is 0 Å². The Bertz CT molecular complexity index is 1290.